The van der Waals surface area contributed by atoms with Crippen molar-refractivity contribution in [1.29, 1.82) is 0 Å². The Kier molecular flexibility index (Phi) is 4.75. The summed E-state index contributed by atoms with van der Waals surface area (Å²) in [6, 6.07) is 7.03. The molecule has 2 aliphatic rings. The zero-order valence-electron chi connectivity index (χ0n) is 11.8. The minimum Gasteiger partial charge on any atom is -0.368 e. The SMILES string of the molecule is ClCc1ccc(N2CCN(C3CCCC3)CC2)c(Cl)c1. The Balaban J connectivity index is 1.62. The van der Waals surface area contributed by atoms with E-state index in [9.17, 15) is 0 Å². The van der Waals surface area contributed by atoms with Crippen LogP contribution in [0.2, 0.25) is 5.02 Å². The molecule has 3 rings (SSSR count). The van der Waals surface area contributed by atoms with Crippen LogP contribution in [0.5, 0.6) is 0 Å². The van der Waals surface area contributed by atoms with Crippen molar-refractivity contribution in [3.63, 3.8) is 0 Å². The fraction of sp³-hybridized carbons (Fsp3) is 0.625. The second-order valence-corrected chi connectivity index (χ2v) is 6.56. The molecule has 1 saturated carbocycles. The Morgan fingerprint density at radius 2 is 1.75 bits per heavy atom. The van der Waals surface area contributed by atoms with Gasteiger partial charge in [0.15, 0.2) is 0 Å². The van der Waals surface area contributed by atoms with E-state index in [0.717, 1.165) is 48.5 Å². The molecule has 2 fully saturated rings. The molecule has 0 N–H and O–H groups in total. The first-order valence-electron chi connectivity index (χ1n) is 7.61. The summed E-state index contributed by atoms with van der Waals surface area (Å²) in [4.78, 5) is 5.08. The van der Waals surface area contributed by atoms with Gasteiger partial charge in [0.05, 0.1) is 10.7 Å². The molecule has 1 aliphatic carbocycles. The van der Waals surface area contributed by atoms with Gasteiger partial charge >= 0.3 is 0 Å². The molecule has 1 saturated heterocycles. The third-order valence-corrected chi connectivity index (χ3v) is 5.27. The molecule has 0 aromatic heterocycles. The number of piperazine rings is 1. The van der Waals surface area contributed by atoms with Gasteiger partial charge in [0.1, 0.15) is 0 Å². The van der Waals surface area contributed by atoms with Crippen molar-refractivity contribution in [3.05, 3.63) is 28.8 Å². The number of anilines is 1. The number of benzene rings is 1. The molecular formula is C16H22Cl2N2. The molecule has 0 amide bonds. The van der Waals surface area contributed by atoms with Crippen molar-refractivity contribution >= 4 is 28.9 Å². The number of hydrogen-bond acceptors (Lipinski definition) is 2. The van der Waals surface area contributed by atoms with Crippen LogP contribution in [0.1, 0.15) is 31.2 Å². The predicted octanol–water partition coefficient (Wildman–Crippen LogP) is 4.14. The summed E-state index contributed by atoms with van der Waals surface area (Å²) < 4.78 is 0. The molecule has 1 aromatic rings. The van der Waals surface area contributed by atoms with Crippen LogP contribution < -0.4 is 4.90 Å². The van der Waals surface area contributed by atoms with E-state index in [-0.39, 0.29) is 0 Å². The molecule has 0 spiro atoms. The molecule has 110 valence electrons. The summed E-state index contributed by atoms with van der Waals surface area (Å²) in [6.07, 6.45) is 5.61. The second kappa shape index (κ2) is 6.55. The largest absolute Gasteiger partial charge is 0.368 e. The van der Waals surface area contributed by atoms with Crippen molar-refractivity contribution in [2.45, 2.75) is 37.6 Å². The zero-order valence-corrected chi connectivity index (χ0v) is 13.3. The van der Waals surface area contributed by atoms with Crippen LogP contribution in [0.4, 0.5) is 5.69 Å². The maximum Gasteiger partial charge on any atom is 0.0642 e. The maximum atomic E-state index is 6.39. The van der Waals surface area contributed by atoms with E-state index in [1.54, 1.807) is 0 Å². The number of halogens is 2. The number of hydrogen-bond donors (Lipinski definition) is 0. The second-order valence-electron chi connectivity index (χ2n) is 5.88. The van der Waals surface area contributed by atoms with Crippen LogP contribution in [0.3, 0.4) is 0 Å². The highest BCUT2D eigenvalue weighted by atomic mass is 35.5. The minimum atomic E-state index is 0.523. The number of nitrogens with zero attached hydrogens (tertiary/aromatic N) is 2. The molecule has 1 aliphatic heterocycles. The highest BCUT2D eigenvalue weighted by molar-refractivity contribution is 6.33. The van der Waals surface area contributed by atoms with E-state index in [2.05, 4.69) is 21.9 Å². The van der Waals surface area contributed by atoms with Gasteiger partial charge in [-0.3, -0.25) is 4.90 Å². The van der Waals surface area contributed by atoms with Crippen molar-refractivity contribution in [2.75, 3.05) is 31.1 Å². The lowest BCUT2D eigenvalue weighted by Gasteiger charge is -2.39. The average molecular weight is 313 g/mol. The van der Waals surface area contributed by atoms with E-state index < -0.39 is 0 Å². The van der Waals surface area contributed by atoms with Gasteiger partial charge < -0.3 is 4.90 Å². The van der Waals surface area contributed by atoms with Crippen molar-refractivity contribution < 1.29 is 0 Å². The summed E-state index contributed by atoms with van der Waals surface area (Å²) in [5, 5.41) is 0.831. The molecule has 1 aromatic carbocycles. The molecule has 1 heterocycles. The lowest BCUT2D eigenvalue weighted by Crippen LogP contribution is -2.49. The van der Waals surface area contributed by atoms with Gasteiger partial charge in [0, 0.05) is 38.1 Å². The minimum absolute atomic E-state index is 0.523. The fourth-order valence-electron chi connectivity index (χ4n) is 3.49. The quantitative estimate of drug-likeness (QED) is 0.774. The first-order chi connectivity index (χ1) is 9.78. The average Bonchev–Trinajstić information content (AvgIpc) is 3.01. The molecule has 0 atom stereocenters. The van der Waals surface area contributed by atoms with Crippen LogP contribution in [0.25, 0.3) is 0 Å². The van der Waals surface area contributed by atoms with Gasteiger partial charge in [0.25, 0.3) is 0 Å². The van der Waals surface area contributed by atoms with E-state index in [1.165, 1.54) is 25.7 Å². The van der Waals surface area contributed by atoms with Crippen LogP contribution in [0, 0.1) is 0 Å². The Bertz CT molecular complexity index is 450. The van der Waals surface area contributed by atoms with Crippen molar-refractivity contribution in [1.82, 2.24) is 4.90 Å². The highest BCUT2D eigenvalue weighted by Gasteiger charge is 2.26. The molecular weight excluding hydrogens is 291 g/mol. The summed E-state index contributed by atoms with van der Waals surface area (Å²) >= 11 is 12.2. The third-order valence-electron chi connectivity index (χ3n) is 4.66. The number of rotatable bonds is 3. The Labute approximate surface area is 131 Å². The Hall–Kier alpha value is -0.440. The van der Waals surface area contributed by atoms with Gasteiger partial charge in [-0.25, -0.2) is 0 Å². The first kappa shape index (κ1) is 14.5. The van der Waals surface area contributed by atoms with E-state index in [4.69, 9.17) is 23.2 Å². The number of alkyl halides is 1. The molecule has 0 radical (unpaired) electrons. The van der Waals surface area contributed by atoms with Gasteiger partial charge in [-0.05, 0) is 30.5 Å². The molecule has 0 unspecified atom stereocenters. The standard InChI is InChI=1S/C16H22Cl2N2/c17-12-13-5-6-16(15(18)11-13)20-9-7-19(8-10-20)14-3-1-2-4-14/h5-6,11,14H,1-4,7-10,12H2. The van der Waals surface area contributed by atoms with Gasteiger partial charge in [0.2, 0.25) is 0 Å². The van der Waals surface area contributed by atoms with E-state index in [0.29, 0.717) is 5.88 Å². The fourth-order valence-corrected chi connectivity index (χ4v) is 3.98. The topological polar surface area (TPSA) is 6.48 Å². The van der Waals surface area contributed by atoms with Gasteiger partial charge in [-0.15, -0.1) is 11.6 Å². The Morgan fingerprint density at radius 3 is 2.35 bits per heavy atom. The van der Waals surface area contributed by atoms with Crippen LogP contribution in [-0.4, -0.2) is 37.1 Å². The predicted molar refractivity (Wildman–Crippen MR) is 87.1 cm³/mol. The highest BCUT2D eigenvalue weighted by Crippen LogP contribution is 2.30. The first-order valence-corrected chi connectivity index (χ1v) is 8.52. The maximum absolute atomic E-state index is 6.39. The summed E-state index contributed by atoms with van der Waals surface area (Å²) in [6.45, 7) is 4.49. The van der Waals surface area contributed by atoms with E-state index in [1.807, 2.05) is 6.07 Å². The van der Waals surface area contributed by atoms with Crippen LogP contribution in [0.15, 0.2) is 18.2 Å². The van der Waals surface area contributed by atoms with E-state index >= 15 is 0 Å². The van der Waals surface area contributed by atoms with Crippen LogP contribution in [-0.2, 0) is 5.88 Å². The molecule has 0 bridgehead atoms. The van der Waals surface area contributed by atoms with Gasteiger partial charge in [-0.2, -0.15) is 0 Å². The van der Waals surface area contributed by atoms with Gasteiger partial charge in [-0.1, -0.05) is 30.5 Å². The molecule has 20 heavy (non-hydrogen) atoms. The lowest BCUT2D eigenvalue weighted by molar-refractivity contribution is 0.187. The smallest absolute Gasteiger partial charge is 0.0642 e. The molecule has 4 heteroatoms. The van der Waals surface area contributed by atoms with Crippen molar-refractivity contribution in [3.8, 4) is 0 Å². The lowest BCUT2D eigenvalue weighted by atomic mass is 10.1. The summed E-state index contributed by atoms with van der Waals surface area (Å²) in [5.41, 5.74) is 2.25. The van der Waals surface area contributed by atoms with Crippen LogP contribution >= 0.6 is 23.2 Å². The monoisotopic (exact) mass is 312 g/mol. The molecule has 2 nitrogen and oxygen atoms in total. The summed E-state index contributed by atoms with van der Waals surface area (Å²) in [7, 11) is 0. The Morgan fingerprint density at radius 1 is 1.05 bits per heavy atom. The normalized spacial score (nSPS) is 21.6. The summed E-state index contributed by atoms with van der Waals surface area (Å²) in [5.74, 6) is 0.523. The zero-order chi connectivity index (χ0) is 13.9. The van der Waals surface area contributed by atoms with Crippen molar-refractivity contribution in [2.24, 2.45) is 0 Å². The third kappa shape index (κ3) is 3.08.